The van der Waals surface area contributed by atoms with E-state index in [0.717, 1.165) is 10.7 Å². The van der Waals surface area contributed by atoms with E-state index in [1.165, 1.54) is 11.3 Å². The number of carbonyl (C=O) groups excluding carboxylic acids is 2. The third-order valence-electron chi connectivity index (χ3n) is 2.31. The van der Waals surface area contributed by atoms with Crippen molar-refractivity contribution in [1.29, 1.82) is 0 Å². The molecule has 0 spiro atoms. The van der Waals surface area contributed by atoms with Crippen LogP contribution in [-0.2, 0) is 25.7 Å². The van der Waals surface area contributed by atoms with Gasteiger partial charge in [0.1, 0.15) is 5.01 Å². The lowest BCUT2D eigenvalue weighted by atomic mass is 9.97. The summed E-state index contributed by atoms with van der Waals surface area (Å²) in [6.07, 6.45) is 0.448. The molecule has 1 aliphatic heterocycles. The molecule has 6 heteroatoms. The molecular formula is C10H11NO4S. The van der Waals surface area contributed by atoms with E-state index < -0.39 is 11.9 Å². The number of rotatable bonds is 3. The summed E-state index contributed by atoms with van der Waals surface area (Å²) in [4.78, 5) is 26.5. The van der Waals surface area contributed by atoms with Crippen molar-refractivity contribution in [2.45, 2.75) is 25.4 Å². The first-order valence-electron chi connectivity index (χ1n) is 4.85. The fourth-order valence-electron chi connectivity index (χ4n) is 1.60. The van der Waals surface area contributed by atoms with Crippen molar-refractivity contribution in [3.8, 4) is 0 Å². The predicted molar refractivity (Wildman–Crippen MR) is 55.9 cm³/mol. The molecule has 1 aliphatic rings. The maximum atomic E-state index is 11.1. The summed E-state index contributed by atoms with van der Waals surface area (Å²) in [6, 6.07) is 0. The van der Waals surface area contributed by atoms with Gasteiger partial charge in [-0.15, -0.1) is 11.3 Å². The van der Waals surface area contributed by atoms with Gasteiger partial charge in [-0.25, -0.2) is 4.98 Å². The Morgan fingerprint density at radius 3 is 2.81 bits per heavy atom. The number of ether oxygens (including phenoxy) is 2. The summed E-state index contributed by atoms with van der Waals surface area (Å²) in [5, 5.41) is 2.72. The normalized spacial score (nSPS) is 17.6. The van der Waals surface area contributed by atoms with E-state index in [2.05, 4.69) is 9.72 Å². The number of hydrogen-bond donors (Lipinski definition) is 0. The van der Waals surface area contributed by atoms with E-state index in [1.54, 1.807) is 7.11 Å². The lowest BCUT2D eigenvalue weighted by Gasteiger charge is -2.17. The molecule has 2 rings (SSSR count). The lowest BCUT2D eigenvalue weighted by molar-refractivity contribution is -0.164. The van der Waals surface area contributed by atoms with Crippen LogP contribution in [-0.4, -0.2) is 24.0 Å². The van der Waals surface area contributed by atoms with Crippen LogP contribution < -0.4 is 0 Å². The second kappa shape index (κ2) is 4.71. The number of carbonyl (C=O) groups is 2. The summed E-state index contributed by atoms with van der Waals surface area (Å²) in [5.74, 6) is -1.08. The van der Waals surface area contributed by atoms with Crippen LogP contribution in [0.5, 0.6) is 0 Å². The molecule has 0 atom stereocenters. The van der Waals surface area contributed by atoms with Gasteiger partial charge in [0.15, 0.2) is 0 Å². The number of methoxy groups -OCH3 is 1. The fourth-order valence-corrected chi connectivity index (χ4v) is 2.44. The summed E-state index contributed by atoms with van der Waals surface area (Å²) in [7, 11) is 1.60. The van der Waals surface area contributed by atoms with Gasteiger partial charge < -0.3 is 9.47 Å². The number of nitrogens with zero attached hydrogens (tertiary/aromatic N) is 1. The average Bonchev–Trinajstić information content (AvgIpc) is 2.65. The zero-order valence-corrected chi connectivity index (χ0v) is 9.58. The van der Waals surface area contributed by atoms with Gasteiger partial charge in [-0.1, -0.05) is 0 Å². The highest BCUT2D eigenvalue weighted by Gasteiger charge is 2.29. The Bertz CT molecular complexity index is 399. The van der Waals surface area contributed by atoms with Crippen LogP contribution in [0.2, 0.25) is 0 Å². The third kappa shape index (κ3) is 2.45. The Balaban J connectivity index is 2.10. The van der Waals surface area contributed by atoms with Crippen molar-refractivity contribution >= 4 is 23.3 Å². The van der Waals surface area contributed by atoms with E-state index in [4.69, 9.17) is 4.74 Å². The smallest absolute Gasteiger partial charge is 0.314 e. The molecule has 0 aliphatic carbocycles. The van der Waals surface area contributed by atoms with Crippen LogP contribution in [0.1, 0.15) is 29.5 Å². The molecule has 86 valence electrons. The molecule has 1 fully saturated rings. The molecule has 1 saturated heterocycles. The second-order valence-corrected chi connectivity index (χ2v) is 4.49. The van der Waals surface area contributed by atoms with Crippen LogP contribution in [0.3, 0.4) is 0 Å². The van der Waals surface area contributed by atoms with Crippen molar-refractivity contribution in [3.05, 3.63) is 16.1 Å². The summed E-state index contributed by atoms with van der Waals surface area (Å²) in [5.41, 5.74) is 0.780. The Morgan fingerprint density at radius 2 is 2.19 bits per heavy atom. The molecule has 16 heavy (non-hydrogen) atoms. The van der Waals surface area contributed by atoms with Gasteiger partial charge in [0.2, 0.25) is 0 Å². The van der Waals surface area contributed by atoms with Gasteiger partial charge >= 0.3 is 11.9 Å². The zero-order valence-electron chi connectivity index (χ0n) is 8.76. The highest BCUT2D eigenvalue weighted by atomic mass is 32.1. The zero-order chi connectivity index (χ0) is 11.5. The van der Waals surface area contributed by atoms with Gasteiger partial charge in [-0.2, -0.15) is 0 Å². The summed E-state index contributed by atoms with van der Waals surface area (Å²) < 4.78 is 9.43. The minimum absolute atomic E-state index is 0.143. The SMILES string of the molecule is COCc1nc(C2CC(=O)OC(=O)C2)cs1. The first-order chi connectivity index (χ1) is 7.69. The molecule has 1 aromatic rings. The molecule has 0 bridgehead atoms. The van der Waals surface area contributed by atoms with Crippen LogP contribution >= 0.6 is 11.3 Å². The van der Waals surface area contributed by atoms with Crippen molar-refractivity contribution in [2.24, 2.45) is 0 Å². The van der Waals surface area contributed by atoms with Gasteiger partial charge in [-0.05, 0) is 0 Å². The quantitative estimate of drug-likeness (QED) is 0.588. The topological polar surface area (TPSA) is 65.5 Å². The Kier molecular flexibility index (Phi) is 3.31. The highest BCUT2D eigenvalue weighted by molar-refractivity contribution is 7.09. The van der Waals surface area contributed by atoms with Crippen LogP contribution in [0.25, 0.3) is 0 Å². The van der Waals surface area contributed by atoms with E-state index in [0.29, 0.717) is 6.61 Å². The maximum Gasteiger partial charge on any atom is 0.314 e. The van der Waals surface area contributed by atoms with Crippen molar-refractivity contribution in [3.63, 3.8) is 0 Å². The van der Waals surface area contributed by atoms with Crippen LogP contribution in [0.15, 0.2) is 5.38 Å². The minimum Gasteiger partial charge on any atom is -0.393 e. The molecule has 2 heterocycles. The molecule has 5 nitrogen and oxygen atoms in total. The van der Waals surface area contributed by atoms with Crippen LogP contribution in [0, 0.1) is 0 Å². The second-order valence-electron chi connectivity index (χ2n) is 3.55. The molecule has 0 aromatic carbocycles. The van der Waals surface area contributed by atoms with Gasteiger partial charge in [0.05, 0.1) is 25.1 Å². The lowest BCUT2D eigenvalue weighted by Crippen LogP contribution is -2.24. The van der Waals surface area contributed by atoms with E-state index >= 15 is 0 Å². The number of cyclic esters (lactones) is 2. The predicted octanol–water partition coefficient (Wildman–Crippen LogP) is 1.24. The first-order valence-corrected chi connectivity index (χ1v) is 5.73. The Labute approximate surface area is 96.4 Å². The number of esters is 2. The van der Waals surface area contributed by atoms with Crippen molar-refractivity contribution in [1.82, 2.24) is 4.98 Å². The molecule has 0 amide bonds. The van der Waals surface area contributed by atoms with Crippen molar-refractivity contribution in [2.75, 3.05) is 7.11 Å². The molecule has 0 N–H and O–H groups in total. The van der Waals surface area contributed by atoms with E-state index in [1.807, 2.05) is 5.38 Å². The average molecular weight is 241 g/mol. The first kappa shape index (κ1) is 11.2. The third-order valence-corrected chi connectivity index (χ3v) is 3.15. The monoisotopic (exact) mass is 241 g/mol. The molecule has 1 aromatic heterocycles. The standard InChI is InChI=1S/C10H11NO4S/c1-14-4-8-11-7(5-16-8)6-2-9(12)15-10(13)3-6/h5-6H,2-4H2,1H3. The molecule has 0 unspecified atom stereocenters. The summed E-state index contributed by atoms with van der Waals surface area (Å²) >= 11 is 1.47. The Hall–Kier alpha value is -1.27. The largest absolute Gasteiger partial charge is 0.393 e. The molecule has 0 radical (unpaired) electrons. The number of aromatic nitrogens is 1. The Morgan fingerprint density at radius 1 is 1.50 bits per heavy atom. The van der Waals surface area contributed by atoms with Crippen LogP contribution in [0.4, 0.5) is 0 Å². The molecular weight excluding hydrogens is 230 g/mol. The van der Waals surface area contributed by atoms with Gasteiger partial charge in [0, 0.05) is 18.4 Å². The fraction of sp³-hybridized carbons (Fsp3) is 0.500. The number of thiazole rings is 1. The van der Waals surface area contributed by atoms with Gasteiger partial charge in [-0.3, -0.25) is 9.59 Å². The van der Waals surface area contributed by atoms with Crippen molar-refractivity contribution < 1.29 is 19.1 Å². The number of hydrogen-bond acceptors (Lipinski definition) is 6. The highest BCUT2D eigenvalue weighted by Crippen LogP contribution is 2.29. The van der Waals surface area contributed by atoms with E-state index in [9.17, 15) is 9.59 Å². The molecule has 0 saturated carbocycles. The van der Waals surface area contributed by atoms with Gasteiger partial charge in [0.25, 0.3) is 0 Å². The van der Waals surface area contributed by atoms with E-state index in [-0.39, 0.29) is 18.8 Å². The maximum absolute atomic E-state index is 11.1. The minimum atomic E-state index is -0.470. The summed E-state index contributed by atoms with van der Waals surface area (Å²) in [6.45, 7) is 0.454.